The van der Waals surface area contributed by atoms with Crippen molar-refractivity contribution in [2.75, 3.05) is 0 Å². The Kier molecular flexibility index (Phi) is 5.25. The largest absolute Gasteiger partial charge is 0.348 e. The number of carbonyl (C=O) groups is 1. The lowest BCUT2D eigenvalue weighted by atomic mass is 10.1. The number of hydrogen-bond acceptors (Lipinski definition) is 5. The molecule has 5 rings (SSSR count). The summed E-state index contributed by atoms with van der Waals surface area (Å²) < 4.78 is 3.02. The SMILES string of the molecule is Cc1ccc(-n2c(=N)c(C(=O)NCc3cccnc3)cc3c(=O)n4cc(C)ccc4nc32)cc1. The molecule has 0 aliphatic rings. The highest BCUT2D eigenvalue weighted by molar-refractivity contribution is 5.97. The molecule has 1 aromatic carbocycles. The van der Waals surface area contributed by atoms with Gasteiger partial charge in [0.1, 0.15) is 11.1 Å². The van der Waals surface area contributed by atoms with Gasteiger partial charge in [0.25, 0.3) is 11.5 Å². The zero-order valence-corrected chi connectivity index (χ0v) is 18.7. The quantitative estimate of drug-likeness (QED) is 0.411. The van der Waals surface area contributed by atoms with Crippen molar-refractivity contribution in [2.24, 2.45) is 0 Å². The molecule has 0 atom stereocenters. The molecule has 8 nitrogen and oxygen atoms in total. The van der Waals surface area contributed by atoms with E-state index in [0.717, 1.165) is 16.7 Å². The van der Waals surface area contributed by atoms with Crippen LogP contribution in [0.4, 0.5) is 0 Å². The summed E-state index contributed by atoms with van der Waals surface area (Å²) in [7, 11) is 0. The molecule has 168 valence electrons. The normalized spacial score (nSPS) is 11.1. The van der Waals surface area contributed by atoms with Crippen LogP contribution in [0, 0.1) is 19.3 Å². The van der Waals surface area contributed by atoms with Crippen molar-refractivity contribution < 1.29 is 4.79 Å². The molecular weight excluding hydrogens is 428 g/mol. The Balaban J connectivity index is 1.75. The maximum atomic E-state index is 13.5. The summed E-state index contributed by atoms with van der Waals surface area (Å²) in [6.07, 6.45) is 5.05. The standard InChI is InChI=1S/C26H22N6O2/c1-16-5-8-19(9-6-16)32-23(27)20(25(33)29-14-18-4-3-11-28-13-18)12-21-24(32)30-22-10-7-17(2)15-31(22)26(21)34/h3-13,15,27H,14H2,1-2H3,(H,29,33). The molecule has 0 radical (unpaired) electrons. The van der Waals surface area contributed by atoms with E-state index >= 15 is 0 Å². The van der Waals surface area contributed by atoms with Crippen molar-refractivity contribution in [1.29, 1.82) is 5.41 Å². The summed E-state index contributed by atoms with van der Waals surface area (Å²) in [4.78, 5) is 35.4. The van der Waals surface area contributed by atoms with Crippen LogP contribution in [-0.4, -0.2) is 24.8 Å². The molecular formula is C26H22N6O2. The maximum Gasteiger partial charge on any atom is 0.267 e. The van der Waals surface area contributed by atoms with E-state index in [1.807, 2.05) is 50.2 Å². The second-order valence-corrected chi connectivity index (χ2v) is 8.21. The van der Waals surface area contributed by atoms with Gasteiger partial charge in [-0.15, -0.1) is 0 Å². The van der Waals surface area contributed by atoms with E-state index in [0.29, 0.717) is 17.0 Å². The third-order valence-electron chi connectivity index (χ3n) is 5.68. The highest BCUT2D eigenvalue weighted by Gasteiger charge is 2.18. The van der Waals surface area contributed by atoms with E-state index in [1.54, 1.807) is 35.3 Å². The Labute approximate surface area is 194 Å². The van der Waals surface area contributed by atoms with Crippen LogP contribution < -0.4 is 16.4 Å². The minimum Gasteiger partial charge on any atom is -0.348 e. The average Bonchev–Trinajstić information content (AvgIpc) is 2.84. The van der Waals surface area contributed by atoms with Gasteiger partial charge in [-0.25, -0.2) is 4.98 Å². The van der Waals surface area contributed by atoms with Crippen molar-refractivity contribution in [3.63, 3.8) is 0 Å². The van der Waals surface area contributed by atoms with Crippen LogP contribution in [0.1, 0.15) is 27.0 Å². The summed E-state index contributed by atoms with van der Waals surface area (Å²) in [6.45, 7) is 4.12. The number of pyridine rings is 3. The molecule has 0 bridgehead atoms. The van der Waals surface area contributed by atoms with Crippen LogP contribution in [0.5, 0.6) is 0 Å². The fraction of sp³-hybridized carbons (Fsp3) is 0.115. The molecule has 0 spiro atoms. The number of nitrogens with one attached hydrogen (secondary N) is 2. The first-order valence-electron chi connectivity index (χ1n) is 10.8. The van der Waals surface area contributed by atoms with Gasteiger partial charge in [0.15, 0.2) is 5.65 Å². The van der Waals surface area contributed by atoms with Gasteiger partial charge in [-0.3, -0.25) is 29.0 Å². The van der Waals surface area contributed by atoms with Crippen LogP contribution in [0.3, 0.4) is 0 Å². The van der Waals surface area contributed by atoms with Gasteiger partial charge in [0.2, 0.25) is 0 Å². The predicted octanol–water partition coefficient (Wildman–Crippen LogP) is 3.06. The summed E-state index contributed by atoms with van der Waals surface area (Å²) >= 11 is 0. The van der Waals surface area contributed by atoms with E-state index in [9.17, 15) is 9.59 Å². The fourth-order valence-corrected chi connectivity index (χ4v) is 3.88. The summed E-state index contributed by atoms with van der Waals surface area (Å²) in [5.74, 6) is -0.453. The Morgan fingerprint density at radius 1 is 1.06 bits per heavy atom. The van der Waals surface area contributed by atoms with Gasteiger partial charge in [0.05, 0.1) is 10.9 Å². The molecule has 8 heteroatoms. The third-order valence-corrected chi connectivity index (χ3v) is 5.68. The highest BCUT2D eigenvalue weighted by atomic mass is 16.1. The molecule has 0 aliphatic carbocycles. The number of fused-ring (bicyclic) bond motifs is 2. The van der Waals surface area contributed by atoms with Crippen LogP contribution in [-0.2, 0) is 6.54 Å². The average molecular weight is 451 g/mol. The Morgan fingerprint density at radius 2 is 1.82 bits per heavy atom. The molecule has 0 saturated carbocycles. The van der Waals surface area contributed by atoms with Gasteiger partial charge in [0, 0.05) is 30.8 Å². The Bertz CT molecular complexity index is 1670. The molecule has 34 heavy (non-hydrogen) atoms. The molecule has 0 unspecified atom stereocenters. The number of nitrogens with zero attached hydrogens (tertiary/aromatic N) is 4. The van der Waals surface area contributed by atoms with E-state index < -0.39 is 5.91 Å². The van der Waals surface area contributed by atoms with Crippen LogP contribution in [0.2, 0.25) is 0 Å². The van der Waals surface area contributed by atoms with E-state index in [-0.39, 0.29) is 28.5 Å². The first-order valence-corrected chi connectivity index (χ1v) is 10.8. The summed E-state index contributed by atoms with van der Waals surface area (Å²) in [5, 5.41) is 12.0. The Hall–Kier alpha value is -4.59. The predicted molar refractivity (Wildman–Crippen MR) is 129 cm³/mol. The number of hydrogen-bond donors (Lipinski definition) is 2. The summed E-state index contributed by atoms with van der Waals surface area (Å²) in [5.41, 5.74) is 3.97. The first-order chi connectivity index (χ1) is 16.4. The van der Waals surface area contributed by atoms with Crippen LogP contribution in [0.15, 0.2) is 78.0 Å². The Morgan fingerprint density at radius 3 is 2.56 bits per heavy atom. The number of rotatable bonds is 4. The van der Waals surface area contributed by atoms with Crippen molar-refractivity contribution in [3.8, 4) is 5.69 Å². The second kappa shape index (κ2) is 8.40. The lowest BCUT2D eigenvalue weighted by Gasteiger charge is -2.15. The molecule has 4 heterocycles. The van der Waals surface area contributed by atoms with Gasteiger partial charge < -0.3 is 5.32 Å². The lowest BCUT2D eigenvalue weighted by Crippen LogP contribution is -2.34. The number of aromatic nitrogens is 4. The van der Waals surface area contributed by atoms with Gasteiger partial charge in [-0.2, -0.15) is 0 Å². The van der Waals surface area contributed by atoms with Gasteiger partial charge >= 0.3 is 0 Å². The zero-order valence-electron chi connectivity index (χ0n) is 18.7. The van der Waals surface area contributed by atoms with E-state index in [4.69, 9.17) is 10.4 Å². The third kappa shape index (κ3) is 3.75. The first kappa shape index (κ1) is 21.3. The number of aryl methyl sites for hydroxylation is 2. The topological polar surface area (TPSA) is 105 Å². The number of benzene rings is 1. The molecule has 1 amide bonds. The zero-order chi connectivity index (χ0) is 23.8. The molecule has 5 aromatic rings. The minimum atomic E-state index is -0.453. The van der Waals surface area contributed by atoms with E-state index in [1.165, 1.54) is 10.5 Å². The van der Waals surface area contributed by atoms with Crippen LogP contribution in [0.25, 0.3) is 22.4 Å². The fourth-order valence-electron chi connectivity index (χ4n) is 3.88. The summed E-state index contributed by atoms with van der Waals surface area (Å²) in [6, 6.07) is 16.3. The molecule has 0 fully saturated rings. The smallest absolute Gasteiger partial charge is 0.267 e. The highest BCUT2D eigenvalue weighted by Crippen LogP contribution is 2.16. The number of carbonyl (C=O) groups excluding carboxylic acids is 1. The molecule has 2 N–H and O–H groups in total. The van der Waals surface area contributed by atoms with Gasteiger partial charge in [-0.1, -0.05) is 29.8 Å². The molecule has 0 aliphatic heterocycles. The van der Waals surface area contributed by atoms with Crippen molar-refractivity contribution in [2.45, 2.75) is 20.4 Å². The van der Waals surface area contributed by atoms with E-state index in [2.05, 4.69) is 10.3 Å². The van der Waals surface area contributed by atoms with Crippen molar-refractivity contribution in [1.82, 2.24) is 24.3 Å². The molecule has 0 saturated heterocycles. The van der Waals surface area contributed by atoms with Gasteiger partial charge in [-0.05, 0) is 55.3 Å². The van der Waals surface area contributed by atoms with Crippen molar-refractivity contribution in [3.05, 3.63) is 111 Å². The second-order valence-electron chi connectivity index (χ2n) is 8.21. The monoisotopic (exact) mass is 450 g/mol. The van der Waals surface area contributed by atoms with Crippen LogP contribution >= 0.6 is 0 Å². The van der Waals surface area contributed by atoms with Crippen molar-refractivity contribution >= 4 is 22.6 Å². The minimum absolute atomic E-state index is 0.0524. The number of amides is 1. The maximum absolute atomic E-state index is 13.5. The lowest BCUT2D eigenvalue weighted by molar-refractivity contribution is 0.0948. The molecule has 4 aromatic heterocycles.